The van der Waals surface area contributed by atoms with Crippen LogP contribution in [0.3, 0.4) is 0 Å². The first-order chi connectivity index (χ1) is 13.1. The van der Waals surface area contributed by atoms with Crippen LogP contribution >= 0.6 is 11.6 Å². The van der Waals surface area contributed by atoms with E-state index < -0.39 is 11.7 Å². The van der Waals surface area contributed by atoms with E-state index in [0.717, 1.165) is 29.0 Å². The van der Waals surface area contributed by atoms with E-state index >= 15 is 0 Å². The van der Waals surface area contributed by atoms with Gasteiger partial charge in [0.2, 0.25) is 5.78 Å². The number of halogens is 4. The summed E-state index contributed by atoms with van der Waals surface area (Å²) in [5.41, 5.74) is 8.60. The van der Waals surface area contributed by atoms with Crippen molar-refractivity contribution in [3.05, 3.63) is 87.2 Å². The van der Waals surface area contributed by atoms with Gasteiger partial charge in [0, 0.05) is 35.4 Å². The lowest BCUT2D eigenvalue weighted by molar-refractivity contribution is -0.137. The smallest absolute Gasteiger partial charge is 0.399 e. The van der Waals surface area contributed by atoms with Crippen LogP contribution in [0.2, 0.25) is 5.02 Å². The fraction of sp³-hybridized carbons (Fsp3) is 0.190. The Labute approximate surface area is 165 Å². The Morgan fingerprint density at radius 2 is 1.75 bits per heavy atom. The Morgan fingerprint density at radius 1 is 1.11 bits per heavy atom. The van der Waals surface area contributed by atoms with Gasteiger partial charge in [-0.15, -0.1) is 0 Å². The summed E-state index contributed by atoms with van der Waals surface area (Å²) >= 11 is 6.24. The second-order valence-electron chi connectivity index (χ2n) is 6.66. The lowest BCUT2D eigenvalue weighted by Gasteiger charge is -2.10. The van der Waals surface area contributed by atoms with Gasteiger partial charge in [-0.05, 0) is 48.4 Å². The number of anilines is 1. The highest BCUT2D eigenvalue weighted by atomic mass is 35.5. The Kier molecular flexibility index (Phi) is 5.26. The molecule has 7 heteroatoms. The molecule has 0 fully saturated rings. The Balaban J connectivity index is 1.92. The molecule has 1 aromatic heterocycles. The molecular weight excluding hydrogens is 389 g/mol. The number of benzene rings is 2. The first-order valence-electron chi connectivity index (χ1n) is 8.49. The maximum absolute atomic E-state index is 12.9. The highest BCUT2D eigenvalue weighted by molar-refractivity contribution is 6.31. The van der Waals surface area contributed by atoms with Crippen molar-refractivity contribution >= 4 is 23.1 Å². The maximum atomic E-state index is 12.9. The second kappa shape index (κ2) is 7.36. The molecule has 0 atom stereocenters. The molecule has 0 aliphatic carbocycles. The van der Waals surface area contributed by atoms with Crippen molar-refractivity contribution in [1.82, 2.24) is 4.57 Å². The van der Waals surface area contributed by atoms with Gasteiger partial charge in [0.1, 0.15) is 0 Å². The van der Waals surface area contributed by atoms with Crippen LogP contribution in [-0.4, -0.2) is 10.4 Å². The van der Waals surface area contributed by atoms with Crippen molar-refractivity contribution in [3.8, 4) is 0 Å². The molecule has 0 saturated heterocycles. The van der Waals surface area contributed by atoms with Crippen molar-refractivity contribution in [1.29, 1.82) is 0 Å². The molecule has 0 aliphatic heterocycles. The van der Waals surface area contributed by atoms with Gasteiger partial charge < -0.3 is 10.3 Å². The SMILES string of the molecule is Cc1cc(Cc2ccc(N)cc2Cl)n(C)c1C(=O)c1ccc(C(F)(F)F)cc1. The average Bonchev–Trinajstić information content (AvgIpc) is 2.90. The van der Waals surface area contributed by atoms with E-state index in [4.69, 9.17) is 17.3 Å². The van der Waals surface area contributed by atoms with Crippen LogP contribution in [0.25, 0.3) is 0 Å². The number of carbonyl (C=O) groups is 1. The van der Waals surface area contributed by atoms with Gasteiger partial charge in [-0.1, -0.05) is 29.8 Å². The number of aromatic nitrogens is 1. The highest BCUT2D eigenvalue weighted by Crippen LogP contribution is 2.30. The molecule has 0 saturated carbocycles. The normalized spacial score (nSPS) is 11.6. The van der Waals surface area contributed by atoms with Crippen LogP contribution in [0.1, 0.15) is 38.4 Å². The number of hydrogen-bond acceptors (Lipinski definition) is 2. The summed E-state index contributed by atoms with van der Waals surface area (Å²) in [5, 5.41) is 0.537. The fourth-order valence-electron chi connectivity index (χ4n) is 3.17. The van der Waals surface area contributed by atoms with E-state index in [-0.39, 0.29) is 11.3 Å². The lowest BCUT2D eigenvalue weighted by Crippen LogP contribution is -2.12. The molecule has 0 spiro atoms. The molecule has 2 N–H and O–H groups in total. The Hall–Kier alpha value is -2.73. The molecule has 3 nitrogen and oxygen atoms in total. The maximum Gasteiger partial charge on any atom is 0.416 e. The van der Waals surface area contributed by atoms with Crippen LogP contribution in [0.4, 0.5) is 18.9 Å². The first kappa shape index (κ1) is 20.0. The number of alkyl halides is 3. The van der Waals surface area contributed by atoms with Crippen LogP contribution in [0.15, 0.2) is 48.5 Å². The predicted octanol–water partition coefficient (Wildman–Crippen LogP) is 5.41. The number of carbonyl (C=O) groups excluding carboxylic acids is 1. The zero-order valence-electron chi connectivity index (χ0n) is 15.3. The van der Waals surface area contributed by atoms with E-state index in [1.54, 1.807) is 30.7 Å². The monoisotopic (exact) mass is 406 g/mol. The van der Waals surface area contributed by atoms with Gasteiger partial charge in [-0.2, -0.15) is 13.2 Å². The quantitative estimate of drug-likeness (QED) is 0.465. The molecule has 2 aromatic carbocycles. The summed E-state index contributed by atoms with van der Waals surface area (Å²) in [7, 11) is 1.75. The van der Waals surface area contributed by atoms with Gasteiger partial charge in [-0.3, -0.25) is 4.79 Å². The zero-order chi connectivity index (χ0) is 20.6. The number of hydrogen-bond donors (Lipinski definition) is 1. The molecule has 1 heterocycles. The minimum absolute atomic E-state index is 0.203. The number of ketones is 1. The summed E-state index contributed by atoms with van der Waals surface area (Å²) in [6, 6.07) is 11.4. The van der Waals surface area contributed by atoms with E-state index in [9.17, 15) is 18.0 Å². The van der Waals surface area contributed by atoms with Crippen LogP contribution in [-0.2, 0) is 19.6 Å². The number of nitrogens with two attached hydrogens (primary N) is 1. The van der Waals surface area contributed by atoms with Crippen molar-refractivity contribution in [2.75, 3.05) is 5.73 Å². The van der Waals surface area contributed by atoms with E-state index in [0.29, 0.717) is 22.8 Å². The van der Waals surface area contributed by atoms with Crippen molar-refractivity contribution in [3.63, 3.8) is 0 Å². The topological polar surface area (TPSA) is 48.0 Å². The first-order valence-corrected chi connectivity index (χ1v) is 8.86. The molecular formula is C21H18ClF3N2O. The summed E-state index contributed by atoms with van der Waals surface area (Å²) < 4.78 is 39.9. The average molecular weight is 407 g/mol. The van der Waals surface area contributed by atoms with E-state index in [1.807, 2.05) is 12.1 Å². The van der Waals surface area contributed by atoms with Crippen molar-refractivity contribution in [2.45, 2.75) is 19.5 Å². The standard InChI is InChI=1S/C21H18ClF3N2O/c1-12-9-17(10-14-5-8-16(26)11-18(14)22)27(2)19(12)20(28)13-3-6-15(7-4-13)21(23,24)25/h3-9,11H,10,26H2,1-2H3. The largest absolute Gasteiger partial charge is 0.416 e. The van der Waals surface area contributed by atoms with Gasteiger partial charge in [-0.25, -0.2) is 0 Å². The number of nitrogen functional groups attached to an aromatic ring is 1. The number of aryl methyl sites for hydroxylation is 1. The lowest BCUT2D eigenvalue weighted by atomic mass is 10.0. The van der Waals surface area contributed by atoms with Crippen LogP contribution in [0.5, 0.6) is 0 Å². The van der Waals surface area contributed by atoms with Crippen LogP contribution < -0.4 is 5.73 Å². The Morgan fingerprint density at radius 3 is 2.32 bits per heavy atom. The van der Waals surface area contributed by atoms with Gasteiger partial charge in [0.25, 0.3) is 0 Å². The summed E-state index contributed by atoms with van der Waals surface area (Å²) in [6.07, 6.45) is -3.94. The molecule has 28 heavy (non-hydrogen) atoms. The predicted molar refractivity (Wildman–Crippen MR) is 104 cm³/mol. The molecule has 0 radical (unpaired) electrons. The van der Waals surface area contributed by atoms with Crippen molar-refractivity contribution in [2.24, 2.45) is 7.05 Å². The molecule has 146 valence electrons. The minimum Gasteiger partial charge on any atom is -0.399 e. The van der Waals surface area contributed by atoms with Gasteiger partial charge in [0.05, 0.1) is 11.3 Å². The zero-order valence-corrected chi connectivity index (χ0v) is 16.0. The third-order valence-corrected chi connectivity index (χ3v) is 5.01. The summed E-state index contributed by atoms with van der Waals surface area (Å²) in [5.74, 6) is -0.330. The van der Waals surface area contributed by atoms with Gasteiger partial charge in [0.15, 0.2) is 0 Å². The van der Waals surface area contributed by atoms with Crippen molar-refractivity contribution < 1.29 is 18.0 Å². The third-order valence-electron chi connectivity index (χ3n) is 4.66. The molecule has 0 aliphatic rings. The molecule has 0 amide bonds. The van der Waals surface area contributed by atoms with Gasteiger partial charge >= 0.3 is 6.18 Å². The van der Waals surface area contributed by atoms with E-state index in [2.05, 4.69) is 0 Å². The molecule has 0 unspecified atom stereocenters. The number of rotatable bonds is 4. The Bertz CT molecular complexity index is 1040. The van der Waals surface area contributed by atoms with Crippen LogP contribution in [0, 0.1) is 6.92 Å². The molecule has 3 aromatic rings. The third kappa shape index (κ3) is 3.92. The molecule has 3 rings (SSSR count). The molecule has 0 bridgehead atoms. The van der Waals surface area contributed by atoms with E-state index in [1.165, 1.54) is 12.1 Å². The summed E-state index contributed by atoms with van der Waals surface area (Å²) in [4.78, 5) is 12.9. The number of nitrogens with zero attached hydrogens (tertiary/aromatic N) is 1. The minimum atomic E-state index is -4.44. The second-order valence-corrected chi connectivity index (χ2v) is 7.07. The fourth-order valence-corrected chi connectivity index (χ4v) is 3.43. The summed E-state index contributed by atoms with van der Waals surface area (Å²) in [6.45, 7) is 1.80. The highest BCUT2D eigenvalue weighted by Gasteiger charge is 2.30.